The first kappa shape index (κ1) is 21.9. The predicted molar refractivity (Wildman–Crippen MR) is 71.3 cm³/mol. The maximum absolute atomic E-state index is 15.0. The van der Waals surface area contributed by atoms with Crippen molar-refractivity contribution in [2.24, 2.45) is 22.7 Å². The maximum Gasteiger partial charge on any atom is 0.428 e. The van der Waals surface area contributed by atoms with Crippen molar-refractivity contribution in [1.29, 1.82) is 0 Å². The topological polar surface area (TPSA) is 0 Å². The molecule has 2 atom stereocenters. The van der Waals surface area contributed by atoms with Gasteiger partial charge in [-0.3, -0.25) is 0 Å². The molecular weight excluding hydrogens is 420 g/mol. The van der Waals surface area contributed by atoms with Crippen LogP contribution in [0.1, 0.15) is 38.5 Å². The average molecular weight is 436 g/mol. The molecule has 0 aromatic carbocycles. The van der Waals surface area contributed by atoms with Gasteiger partial charge in [0.25, 0.3) is 24.2 Å². The Labute approximate surface area is 151 Å². The van der Waals surface area contributed by atoms with E-state index in [1.165, 1.54) is 0 Å². The van der Waals surface area contributed by atoms with Gasteiger partial charge in [-0.2, -0.15) is 26.3 Å². The summed E-state index contributed by atoms with van der Waals surface area (Å²) in [4.78, 5) is 0. The van der Waals surface area contributed by atoms with E-state index in [1.807, 2.05) is 0 Å². The molecule has 0 amide bonds. The molecule has 164 valence electrons. The molecule has 2 unspecified atom stereocenters. The van der Waals surface area contributed by atoms with E-state index in [1.54, 1.807) is 0 Å². The van der Waals surface area contributed by atoms with Gasteiger partial charge < -0.3 is 0 Å². The zero-order valence-corrected chi connectivity index (χ0v) is 14.1. The van der Waals surface area contributed by atoms with Crippen molar-refractivity contribution in [3.63, 3.8) is 0 Å². The summed E-state index contributed by atoms with van der Waals surface area (Å²) in [5.41, 5.74) is -16.6. The quantitative estimate of drug-likeness (QED) is 0.433. The van der Waals surface area contributed by atoms with Gasteiger partial charge in [0.2, 0.25) is 0 Å². The molecule has 28 heavy (non-hydrogen) atoms. The Bertz CT molecular complexity index is 558. The summed E-state index contributed by atoms with van der Waals surface area (Å²) in [5, 5.41) is 0. The summed E-state index contributed by atoms with van der Waals surface area (Å²) < 4.78 is 163. The van der Waals surface area contributed by atoms with Crippen LogP contribution in [0.15, 0.2) is 0 Å². The highest BCUT2D eigenvalue weighted by Crippen LogP contribution is 2.76. The fraction of sp³-hybridized carbons (Fsp3) is 1.00. The highest BCUT2D eigenvalue weighted by atomic mass is 19.4. The molecule has 0 N–H and O–H groups in total. The van der Waals surface area contributed by atoms with Crippen LogP contribution in [0, 0.1) is 22.7 Å². The van der Waals surface area contributed by atoms with E-state index in [2.05, 4.69) is 0 Å². The molecule has 12 heteroatoms. The lowest BCUT2D eigenvalue weighted by atomic mass is 9.38. The van der Waals surface area contributed by atoms with E-state index < -0.39 is 91.3 Å². The van der Waals surface area contributed by atoms with Crippen LogP contribution in [0.25, 0.3) is 0 Å². The van der Waals surface area contributed by atoms with Gasteiger partial charge in [0.05, 0.1) is 0 Å². The number of halogens is 12. The Hall–Kier alpha value is -0.840. The maximum atomic E-state index is 15.0. The first-order valence-electron chi connectivity index (χ1n) is 8.53. The van der Waals surface area contributed by atoms with Gasteiger partial charge in [-0.1, -0.05) is 0 Å². The lowest BCUT2D eigenvalue weighted by Gasteiger charge is -2.67. The fourth-order valence-electron chi connectivity index (χ4n) is 6.43. The van der Waals surface area contributed by atoms with Crippen LogP contribution in [-0.4, -0.2) is 36.5 Å². The van der Waals surface area contributed by atoms with Gasteiger partial charge in [0.15, 0.2) is 0 Å². The third-order valence-corrected chi connectivity index (χ3v) is 7.03. The molecule has 0 aliphatic heterocycles. The van der Waals surface area contributed by atoms with Crippen LogP contribution in [0.5, 0.6) is 0 Å². The Morgan fingerprint density at radius 2 is 0.857 bits per heavy atom. The summed E-state index contributed by atoms with van der Waals surface area (Å²) >= 11 is 0. The van der Waals surface area contributed by atoms with Crippen molar-refractivity contribution in [3.8, 4) is 0 Å². The second kappa shape index (κ2) is 5.86. The first-order valence-corrected chi connectivity index (χ1v) is 8.53. The number of hydrogen-bond acceptors (Lipinski definition) is 0. The van der Waals surface area contributed by atoms with Crippen LogP contribution in [0.2, 0.25) is 0 Å². The number of rotatable bonds is 4. The molecular formula is C16H16F12. The summed E-state index contributed by atoms with van der Waals surface area (Å²) in [6, 6.07) is 0. The van der Waals surface area contributed by atoms with Crippen LogP contribution < -0.4 is 0 Å². The molecule has 0 heterocycles. The van der Waals surface area contributed by atoms with Crippen molar-refractivity contribution in [2.75, 3.05) is 0 Å². The first-order chi connectivity index (χ1) is 12.5. The summed E-state index contributed by atoms with van der Waals surface area (Å²) in [6.07, 6.45) is -26.7. The third kappa shape index (κ3) is 2.47. The lowest BCUT2D eigenvalue weighted by Crippen LogP contribution is -2.72. The molecule has 4 bridgehead atoms. The Morgan fingerprint density at radius 3 is 1.07 bits per heavy atom. The Morgan fingerprint density at radius 1 is 0.571 bits per heavy atom. The highest BCUT2D eigenvalue weighted by molar-refractivity contribution is 5.22. The van der Waals surface area contributed by atoms with Gasteiger partial charge in [0.1, 0.15) is 0 Å². The smallest absolute Gasteiger partial charge is 0.227 e. The molecule has 4 rings (SSSR count). The SMILES string of the molecule is FC(F)C(F)(C(F)(F)F)C12CC3CC(C1)CC(C(F)(C(F)F)C(F)(F)F)(C3)C2. The Balaban J connectivity index is 2.20. The minimum atomic E-state index is -6.16. The summed E-state index contributed by atoms with van der Waals surface area (Å²) in [6.45, 7) is 0. The van der Waals surface area contributed by atoms with Crippen LogP contribution >= 0.6 is 0 Å². The van der Waals surface area contributed by atoms with Crippen molar-refractivity contribution in [3.05, 3.63) is 0 Å². The van der Waals surface area contributed by atoms with Gasteiger partial charge in [-0.15, -0.1) is 0 Å². The van der Waals surface area contributed by atoms with E-state index >= 15 is 0 Å². The van der Waals surface area contributed by atoms with Crippen molar-refractivity contribution < 1.29 is 52.7 Å². The minimum absolute atomic E-state index is 0.0299. The molecule has 0 aromatic rings. The summed E-state index contributed by atoms with van der Waals surface area (Å²) in [7, 11) is 0. The van der Waals surface area contributed by atoms with Gasteiger partial charge in [0, 0.05) is 10.8 Å². The van der Waals surface area contributed by atoms with Gasteiger partial charge in [-0.25, -0.2) is 26.3 Å². The fourth-order valence-corrected chi connectivity index (χ4v) is 6.43. The molecule has 4 saturated carbocycles. The van der Waals surface area contributed by atoms with Crippen molar-refractivity contribution in [2.45, 2.75) is 75.1 Å². The Kier molecular flexibility index (Phi) is 4.57. The van der Waals surface area contributed by atoms with Crippen LogP contribution in [0.4, 0.5) is 52.7 Å². The molecule has 0 spiro atoms. The van der Waals surface area contributed by atoms with E-state index in [0.717, 1.165) is 0 Å². The standard InChI is InChI=1S/C16H16F12/c17-9(18)13(21,15(23,24)25)11-2-7-1-8(4-11)5-12(3-7,6-11)14(22,10(19)20)16(26,27)28/h7-10H,1-6H2. The minimum Gasteiger partial charge on any atom is -0.227 e. The van der Waals surface area contributed by atoms with E-state index in [9.17, 15) is 52.7 Å². The van der Waals surface area contributed by atoms with E-state index in [4.69, 9.17) is 0 Å². The summed E-state index contributed by atoms with van der Waals surface area (Å²) in [5.74, 6) is -2.35. The van der Waals surface area contributed by atoms with Gasteiger partial charge >= 0.3 is 12.4 Å². The number of hydrogen-bond donors (Lipinski definition) is 0. The van der Waals surface area contributed by atoms with E-state index in [-0.39, 0.29) is 6.42 Å². The molecule has 0 saturated heterocycles. The molecule has 4 aliphatic rings. The average Bonchev–Trinajstić information content (AvgIpc) is 2.48. The highest BCUT2D eigenvalue weighted by Gasteiger charge is 2.83. The van der Waals surface area contributed by atoms with Crippen molar-refractivity contribution >= 4 is 0 Å². The van der Waals surface area contributed by atoms with Crippen LogP contribution in [-0.2, 0) is 0 Å². The molecule has 4 aliphatic carbocycles. The van der Waals surface area contributed by atoms with Crippen molar-refractivity contribution in [1.82, 2.24) is 0 Å². The van der Waals surface area contributed by atoms with Gasteiger partial charge in [-0.05, 0) is 50.4 Å². The molecule has 0 radical (unpaired) electrons. The predicted octanol–water partition coefficient (Wildman–Crippen LogP) is 6.64. The second-order valence-corrected chi connectivity index (χ2v) is 8.54. The van der Waals surface area contributed by atoms with Crippen LogP contribution in [0.3, 0.4) is 0 Å². The molecule has 0 aromatic heterocycles. The number of alkyl halides is 12. The third-order valence-electron chi connectivity index (χ3n) is 7.03. The monoisotopic (exact) mass is 436 g/mol. The lowest BCUT2D eigenvalue weighted by molar-refractivity contribution is -0.371. The zero-order valence-electron chi connectivity index (χ0n) is 14.1. The largest absolute Gasteiger partial charge is 0.428 e. The molecule has 0 nitrogen and oxygen atoms in total. The normalized spacial score (nSPS) is 40.1. The second-order valence-electron chi connectivity index (χ2n) is 8.54. The van der Waals surface area contributed by atoms with E-state index in [0.29, 0.717) is 0 Å². The molecule has 4 fully saturated rings. The zero-order chi connectivity index (χ0) is 21.6.